The van der Waals surface area contributed by atoms with Crippen molar-refractivity contribution in [3.8, 4) is 17.2 Å². The Kier molecular flexibility index (Phi) is 5.92. The number of rotatable bonds is 5. The lowest BCUT2D eigenvalue weighted by Gasteiger charge is -2.37. The van der Waals surface area contributed by atoms with Gasteiger partial charge in [-0.15, -0.1) is 0 Å². The average molecular weight is 425 g/mol. The van der Waals surface area contributed by atoms with E-state index in [0.717, 1.165) is 0 Å². The van der Waals surface area contributed by atoms with E-state index in [2.05, 4.69) is 0 Å². The summed E-state index contributed by atoms with van der Waals surface area (Å²) in [5.74, 6) is 0.443. The number of nitrogens with two attached hydrogens (primary N) is 1. The number of para-hydroxylation sites is 3. The zero-order valence-corrected chi connectivity index (χ0v) is 16.9. The number of ether oxygens (including phenoxy) is 3. The molecule has 0 aromatic heterocycles. The van der Waals surface area contributed by atoms with Crippen LogP contribution in [0.1, 0.15) is 10.4 Å². The van der Waals surface area contributed by atoms with Crippen molar-refractivity contribution >= 4 is 17.7 Å². The lowest BCUT2D eigenvalue weighted by molar-refractivity contribution is -0.146. The highest BCUT2D eigenvalue weighted by Crippen LogP contribution is 2.31. The maximum Gasteiger partial charge on any atom is 0.267 e. The van der Waals surface area contributed by atoms with Gasteiger partial charge in [-0.25, -0.2) is 0 Å². The van der Waals surface area contributed by atoms with Crippen LogP contribution < -0.4 is 19.9 Å². The van der Waals surface area contributed by atoms with Crippen LogP contribution in [0.4, 0.5) is 0 Å². The highest BCUT2D eigenvalue weighted by molar-refractivity contribution is 5.95. The second kappa shape index (κ2) is 8.95. The minimum atomic E-state index is -0.703. The van der Waals surface area contributed by atoms with Crippen molar-refractivity contribution in [3.63, 3.8) is 0 Å². The third-order valence-corrected chi connectivity index (χ3v) is 5.23. The second-order valence-corrected chi connectivity index (χ2v) is 7.22. The molecule has 9 nitrogen and oxygen atoms in total. The largest absolute Gasteiger partial charge is 0.485 e. The molecule has 0 radical (unpaired) electrons. The van der Waals surface area contributed by atoms with Gasteiger partial charge in [0.15, 0.2) is 18.1 Å². The third kappa shape index (κ3) is 4.55. The van der Waals surface area contributed by atoms with Gasteiger partial charge in [-0.05, 0) is 24.3 Å². The molecule has 0 spiro atoms. The summed E-state index contributed by atoms with van der Waals surface area (Å²) >= 11 is 0. The molecule has 4 rings (SSSR count). The van der Waals surface area contributed by atoms with Crippen molar-refractivity contribution < 1.29 is 28.6 Å². The molecule has 1 fully saturated rings. The molecular weight excluding hydrogens is 402 g/mol. The van der Waals surface area contributed by atoms with Gasteiger partial charge < -0.3 is 29.7 Å². The minimum Gasteiger partial charge on any atom is -0.485 e. The summed E-state index contributed by atoms with van der Waals surface area (Å²) < 4.78 is 16.9. The number of hydrogen-bond acceptors (Lipinski definition) is 6. The standard InChI is InChI=1S/C22H23N3O6/c23-21(27)15-5-1-2-6-16(15)30-14-20(26)24-9-11-25(12-10-24)22(28)19-13-29-17-7-3-4-8-18(17)31-19/h1-8,19H,9-14H2,(H2,23,27)/t19-/m0/s1. The molecule has 1 atom stereocenters. The Balaban J connectivity index is 1.27. The molecule has 0 aliphatic carbocycles. The smallest absolute Gasteiger partial charge is 0.267 e. The maximum absolute atomic E-state index is 12.8. The van der Waals surface area contributed by atoms with Gasteiger partial charge in [0.1, 0.15) is 12.4 Å². The van der Waals surface area contributed by atoms with E-state index in [1.54, 1.807) is 46.2 Å². The van der Waals surface area contributed by atoms with Crippen molar-refractivity contribution in [2.45, 2.75) is 6.10 Å². The van der Waals surface area contributed by atoms with Crippen molar-refractivity contribution in [1.82, 2.24) is 9.80 Å². The summed E-state index contributed by atoms with van der Waals surface area (Å²) in [7, 11) is 0. The van der Waals surface area contributed by atoms with Crippen LogP contribution in [0.25, 0.3) is 0 Å². The fourth-order valence-electron chi connectivity index (χ4n) is 3.55. The summed E-state index contributed by atoms with van der Waals surface area (Å²) in [4.78, 5) is 40.1. The highest BCUT2D eigenvalue weighted by Gasteiger charge is 2.33. The normalized spacial score (nSPS) is 17.7. The van der Waals surface area contributed by atoms with Gasteiger partial charge >= 0.3 is 0 Å². The van der Waals surface area contributed by atoms with Crippen LogP contribution in [0.5, 0.6) is 17.2 Å². The Morgan fingerprint density at radius 2 is 1.58 bits per heavy atom. The Labute approximate surface area is 179 Å². The summed E-state index contributed by atoms with van der Waals surface area (Å²) in [5.41, 5.74) is 5.55. The third-order valence-electron chi connectivity index (χ3n) is 5.23. The van der Waals surface area contributed by atoms with Crippen LogP contribution >= 0.6 is 0 Å². The molecule has 2 aromatic rings. The molecule has 2 aliphatic heterocycles. The molecule has 0 saturated carbocycles. The van der Waals surface area contributed by atoms with Crippen LogP contribution in [-0.4, -0.2) is 73.0 Å². The van der Waals surface area contributed by atoms with Crippen molar-refractivity contribution in [3.05, 3.63) is 54.1 Å². The van der Waals surface area contributed by atoms with E-state index < -0.39 is 12.0 Å². The van der Waals surface area contributed by atoms with E-state index in [-0.39, 0.29) is 36.3 Å². The SMILES string of the molecule is NC(=O)c1ccccc1OCC(=O)N1CCN(C(=O)[C@@H]2COc3ccccc3O2)CC1. The molecule has 2 heterocycles. The van der Waals surface area contributed by atoms with Crippen LogP contribution in [-0.2, 0) is 9.59 Å². The lowest BCUT2D eigenvalue weighted by Crippen LogP contribution is -2.55. The van der Waals surface area contributed by atoms with Gasteiger partial charge in [-0.1, -0.05) is 24.3 Å². The molecule has 1 saturated heterocycles. The first-order valence-electron chi connectivity index (χ1n) is 9.99. The molecule has 3 amide bonds. The first kappa shape index (κ1) is 20.5. The van der Waals surface area contributed by atoms with Crippen LogP contribution in [0.15, 0.2) is 48.5 Å². The van der Waals surface area contributed by atoms with E-state index in [1.807, 2.05) is 12.1 Å². The number of carbonyl (C=O) groups is 3. The van der Waals surface area contributed by atoms with E-state index in [4.69, 9.17) is 19.9 Å². The van der Waals surface area contributed by atoms with Gasteiger partial charge in [0.2, 0.25) is 6.10 Å². The molecule has 2 aliphatic rings. The van der Waals surface area contributed by atoms with Crippen LogP contribution in [0, 0.1) is 0 Å². The maximum atomic E-state index is 12.8. The van der Waals surface area contributed by atoms with Crippen LogP contribution in [0.3, 0.4) is 0 Å². The topological polar surface area (TPSA) is 111 Å². The molecule has 0 unspecified atom stereocenters. The quantitative estimate of drug-likeness (QED) is 0.754. The number of carbonyl (C=O) groups excluding carboxylic acids is 3. The number of hydrogen-bond donors (Lipinski definition) is 1. The predicted octanol–water partition coefficient (Wildman–Crippen LogP) is 0.675. The second-order valence-electron chi connectivity index (χ2n) is 7.22. The van der Waals surface area contributed by atoms with Crippen molar-refractivity contribution in [1.29, 1.82) is 0 Å². The highest BCUT2D eigenvalue weighted by atomic mass is 16.6. The van der Waals surface area contributed by atoms with E-state index in [9.17, 15) is 14.4 Å². The zero-order chi connectivity index (χ0) is 21.8. The van der Waals surface area contributed by atoms with Crippen LogP contribution in [0.2, 0.25) is 0 Å². The number of fused-ring (bicyclic) bond motifs is 1. The molecule has 31 heavy (non-hydrogen) atoms. The first-order chi connectivity index (χ1) is 15.0. The summed E-state index contributed by atoms with van der Waals surface area (Å²) in [6.07, 6.45) is -0.703. The van der Waals surface area contributed by atoms with Gasteiger partial charge in [-0.2, -0.15) is 0 Å². The first-order valence-corrected chi connectivity index (χ1v) is 9.99. The number of primary amides is 1. The fourth-order valence-corrected chi connectivity index (χ4v) is 3.55. The molecule has 2 N–H and O–H groups in total. The minimum absolute atomic E-state index is 0.155. The van der Waals surface area contributed by atoms with Gasteiger partial charge in [0, 0.05) is 26.2 Å². The Morgan fingerprint density at radius 3 is 2.32 bits per heavy atom. The summed E-state index contributed by atoms with van der Waals surface area (Å²) in [6.45, 7) is 1.50. The molecular formula is C22H23N3O6. The molecule has 162 valence electrons. The summed E-state index contributed by atoms with van der Waals surface area (Å²) in [6, 6.07) is 13.7. The van der Waals surface area contributed by atoms with Crippen molar-refractivity contribution in [2.24, 2.45) is 5.73 Å². The molecule has 9 heteroatoms. The van der Waals surface area contributed by atoms with Gasteiger partial charge in [-0.3, -0.25) is 14.4 Å². The lowest BCUT2D eigenvalue weighted by atomic mass is 10.2. The van der Waals surface area contributed by atoms with Gasteiger partial charge in [0.05, 0.1) is 5.56 Å². The monoisotopic (exact) mass is 425 g/mol. The van der Waals surface area contributed by atoms with E-state index >= 15 is 0 Å². The Bertz CT molecular complexity index is 987. The number of piperazine rings is 1. The van der Waals surface area contributed by atoms with E-state index in [0.29, 0.717) is 37.7 Å². The number of benzene rings is 2. The average Bonchev–Trinajstić information content (AvgIpc) is 2.82. The fraction of sp³-hybridized carbons (Fsp3) is 0.318. The summed E-state index contributed by atoms with van der Waals surface area (Å²) in [5, 5.41) is 0. The Hall–Kier alpha value is -3.75. The number of nitrogens with zero attached hydrogens (tertiary/aromatic N) is 2. The number of amides is 3. The Morgan fingerprint density at radius 1 is 0.935 bits per heavy atom. The van der Waals surface area contributed by atoms with Gasteiger partial charge in [0.25, 0.3) is 17.7 Å². The zero-order valence-electron chi connectivity index (χ0n) is 16.9. The molecule has 0 bridgehead atoms. The van der Waals surface area contributed by atoms with E-state index in [1.165, 1.54) is 0 Å². The predicted molar refractivity (Wildman–Crippen MR) is 110 cm³/mol. The van der Waals surface area contributed by atoms with Crippen molar-refractivity contribution in [2.75, 3.05) is 39.4 Å². The molecule has 2 aromatic carbocycles.